The fourth-order valence-corrected chi connectivity index (χ4v) is 3.38. The average molecular weight is 439 g/mol. The maximum Gasteiger partial charge on any atom is 0.252 e. The number of nitrogens with zero attached hydrogens (tertiary/aromatic N) is 1. The van der Waals surface area contributed by atoms with Crippen molar-refractivity contribution >= 4 is 34.2 Å². The van der Waals surface area contributed by atoms with Crippen LogP contribution in [0.4, 0.5) is 5.69 Å². The van der Waals surface area contributed by atoms with Crippen LogP contribution in [0.15, 0.2) is 91.1 Å². The van der Waals surface area contributed by atoms with Gasteiger partial charge in [-0.1, -0.05) is 48.5 Å². The number of anilines is 1. The molecule has 0 saturated carbocycles. The molecule has 1 unspecified atom stereocenters. The van der Waals surface area contributed by atoms with Gasteiger partial charge in [0.15, 0.2) is 5.78 Å². The molecule has 3 aromatic carbocycles. The summed E-state index contributed by atoms with van der Waals surface area (Å²) in [6, 6.07) is 22.7. The maximum atomic E-state index is 12.7. The first-order valence-electron chi connectivity index (χ1n) is 10.3. The molecule has 7 heteroatoms. The Labute approximate surface area is 190 Å². The minimum Gasteiger partial charge on any atom is -0.394 e. The highest BCUT2D eigenvalue weighted by Gasteiger charge is 2.21. The van der Waals surface area contributed by atoms with Crippen molar-refractivity contribution in [1.29, 1.82) is 0 Å². The van der Waals surface area contributed by atoms with Crippen molar-refractivity contribution in [2.45, 2.75) is 6.04 Å². The number of aliphatic hydroxyl groups is 1. The molecular weight excluding hydrogens is 418 g/mol. The maximum absolute atomic E-state index is 12.7. The van der Waals surface area contributed by atoms with Crippen LogP contribution in [0.1, 0.15) is 26.3 Å². The molecule has 3 N–H and O–H groups in total. The van der Waals surface area contributed by atoms with Crippen molar-refractivity contribution in [1.82, 2.24) is 10.3 Å². The molecule has 0 spiro atoms. The zero-order valence-corrected chi connectivity index (χ0v) is 17.6. The number of aliphatic hydroxyl groups excluding tert-OH is 1. The van der Waals surface area contributed by atoms with Crippen molar-refractivity contribution in [3.05, 3.63) is 108 Å². The molecule has 4 aromatic rings. The Kier molecular flexibility index (Phi) is 6.52. The molecule has 0 bridgehead atoms. The van der Waals surface area contributed by atoms with Gasteiger partial charge in [0.2, 0.25) is 5.91 Å². The molecule has 33 heavy (non-hydrogen) atoms. The van der Waals surface area contributed by atoms with Gasteiger partial charge in [-0.25, -0.2) is 0 Å². The minimum absolute atomic E-state index is 0.208. The van der Waals surface area contributed by atoms with Crippen molar-refractivity contribution in [2.24, 2.45) is 0 Å². The molecular formula is C26H21N3O4. The van der Waals surface area contributed by atoms with Crippen LogP contribution in [0.2, 0.25) is 0 Å². The quantitative estimate of drug-likeness (QED) is 0.383. The molecule has 0 radical (unpaired) electrons. The van der Waals surface area contributed by atoms with E-state index >= 15 is 0 Å². The van der Waals surface area contributed by atoms with Gasteiger partial charge >= 0.3 is 0 Å². The Morgan fingerprint density at radius 3 is 2.36 bits per heavy atom. The fourth-order valence-electron chi connectivity index (χ4n) is 3.38. The summed E-state index contributed by atoms with van der Waals surface area (Å²) in [5.74, 6) is -1.35. The molecule has 164 valence electrons. The van der Waals surface area contributed by atoms with Gasteiger partial charge in [-0.05, 0) is 36.4 Å². The monoisotopic (exact) mass is 439 g/mol. The molecule has 0 aliphatic heterocycles. The van der Waals surface area contributed by atoms with Gasteiger partial charge in [-0.2, -0.15) is 0 Å². The number of pyridine rings is 1. The molecule has 1 heterocycles. The second kappa shape index (κ2) is 9.84. The standard InChI is InChI=1S/C26H21N3O4/c30-16-23(26(33)28-21-11-12-22-18(15-21)10-5-13-27-22)29-25(32)20-9-4-8-19(14-20)24(31)17-6-2-1-3-7-17/h1-15,23,30H,16H2,(H,28,33)(H,29,32). The molecule has 4 rings (SSSR count). The second-order valence-electron chi connectivity index (χ2n) is 7.38. The number of hydrogen-bond donors (Lipinski definition) is 3. The number of nitrogens with one attached hydrogen (secondary N) is 2. The summed E-state index contributed by atoms with van der Waals surface area (Å²) in [7, 11) is 0. The Morgan fingerprint density at radius 1 is 0.818 bits per heavy atom. The number of rotatable bonds is 7. The van der Waals surface area contributed by atoms with E-state index in [1.54, 1.807) is 72.9 Å². The van der Waals surface area contributed by atoms with Crippen LogP contribution in [0, 0.1) is 0 Å². The topological polar surface area (TPSA) is 108 Å². The third-order valence-electron chi connectivity index (χ3n) is 5.10. The Morgan fingerprint density at radius 2 is 1.58 bits per heavy atom. The van der Waals surface area contributed by atoms with Gasteiger partial charge in [0, 0.05) is 34.0 Å². The summed E-state index contributed by atoms with van der Waals surface area (Å²) < 4.78 is 0. The van der Waals surface area contributed by atoms with Gasteiger partial charge in [-0.15, -0.1) is 0 Å². The smallest absolute Gasteiger partial charge is 0.252 e. The van der Waals surface area contributed by atoms with Gasteiger partial charge in [-0.3, -0.25) is 19.4 Å². The Balaban J connectivity index is 1.46. The number of benzene rings is 3. The molecule has 2 amide bonds. The lowest BCUT2D eigenvalue weighted by Crippen LogP contribution is -2.46. The van der Waals surface area contributed by atoms with Gasteiger partial charge in [0.05, 0.1) is 12.1 Å². The lowest BCUT2D eigenvalue weighted by atomic mass is 10.0. The van der Waals surface area contributed by atoms with E-state index in [4.69, 9.17) is 0 Å². The molecule has 0 aliphatic rings. The summed E-state index contributed by atoms with van der Waals surface area (Å²) in [4.78, 5) is 42.3. The molecule has 1 atom stereocenters. The summed E-state index contributed by atoms with van der Waals surface area (Å²) >= 11 is 0. The van der Waals surface area contributed by atoms with Crippen LogP contribution in [-0.4, -0.2) is 40.3 Å². The van der Waals surface area contributed by atoms with E-state index < -0.39 is 24.5 Å². The Hall–Kier alpha value is -4.36. The SMILES string of the molecule is O=C(NC(CO)C(=O)Nc1ccc2ncccc2c1)c1cccc(C(=O)c2ccccc2)c1. The summed E-state index contributed by atoms with van der Waals surface area (Å²) in [6.07, 6.45) is 1.68. The number of fused-ring (bicyclic) bond motifs is 1. The highest BCUT2D eigenvalue weighted by molar-refractivity contribution is 6.10. The number of ketones is 1. The molecule has 0 saturated heterocycles. The normalized spacial score (nSPS) is 11.5. The zero-order chi connectivity index (χ0) is 23.2. The first-order chi connectivity index (χ1) is 16.0. The van der Waals surface area contributed by atoms with E-state index in [9.17, 15) is 19.5 Å². The predicted molar refractivity (Wildman–Crippen MR) is 125 cm³/mol. The van der Waals surface area contributed by atoms with E-state index in [0.29, 0.717) is 16.8 Å². The van der Waals surface area contributed by atoms with E-state index in [1.807, 2.05) is 12.1 Å². The fraction of sp³-hybridized carbons (Fsp3) is 0.0769. The first kappa shape index (κ1) is 21.9. The van der Waals surface area contributed by atoms with Gasteiger partial charge in [0.1, 0.15) is 6.04 Å². The van der Waals surface area contributed by atoms with E-state index in [-0.39, 0.29) is 11.3 Å². The number of amides is 2. The lowest BCUT2D eigenvalue weighted by molar-refractivity contribution is -0.118. The third kappa shape index (κ3) is 5.11. The van der Waals surface area contributed by atoms with Crippen molar-refractivity contribution in [2.75, 3.05) is 11.9 Å². The number of hydrogen-bond acceptors (Lipinski definition) is 5. The number of carbonyl (C=O) groups excluding carboxylic acids is 3. The van der Waals surface area contributed by atoms with Crippen LogP contribution in [0.5, 0.6) is 0 Å². The van der Waals surface area contributed by atoms with Crippen LogP contribution in [0.25, 0.3) is 10.9 Å². The van der Waals surface area contributed by atoms with Crippen molar-refractivity contribution in [3.63, 3.8) is 0 Å². The first-order valence-corrected chi connectivity index (χ1v) is 10.3. The number of carbonyl (C=O) groups is 3. The summed E-state index contributed by atoms with van der Waals surface area (Å²) in [6.45, 7) is -0.588. The van der Waals surface area contributed by atoms with Gasteiger partial charge in [0.25, 0.3) is 5.91 Å². The largest absolute Gasteiger partial charge is 0.394 e. The highest BCUT2D eigenvalue weighted by Crippen LogP contribution is 2.17. The predicted octanol–water partition coefficient (Wildman–Crippen LogP) is 3.20. The molecule has 0 aliphatic carbocycles. The van der Waals surface area contributed by atoms with E-state index in [1.165, 1.54) is 6.07 Å². The third-order valence-corrected chi connectivity index (χ3v) is 5.10. The van der Waals surface area contributed by atoms with Crippen LogP contribution < -0.4 is 10.6 Å². The van der Waals surface area contributed by atoms with Crippen LogP contribution in [-0.2, 0) is 4.79 Å². The zero-order valence-electron chi connectivity index (χ0n) is 17.6. The highest BCUT2D eigenvalue weighted by atomic mass is 16.3. The average Bonchev–Trinajstić information content (AvgIpc) is 2.87. The molecule has 7 nitrogen and oxygen atoms in total. The molecule has 1 aromatic heterocycles. The van der Waals surface area contributed by atoms with E-state index in [2.05, 4.69) is 15.6 Å². The summed E-state index contributed by atoms with van der Waals surface area (Å²) in [5, 5.41) is 15.8. The molecule has 0 fully saturated rings. The lowest BCUT2D eigenvalue weighted by Gasteiger charge is -2.17. The Bertz CT molecular complexity index is 1320. The van der Waals surface area contributed by atoms with Crippen molar-refractivity contribution < 1.29 is 19.5 Å². The minimum atomic E-state index is -1.17. The second-order valence-corrected chi connectivity index (χ2v) is 7.38. The van der Waals surface area contributed by atoms with Gasteiger partial charge < -0.3 is 15.7 Å². The van der Waals surface area contributed by atoms with Crippen LogP contribution in [0.3, 0.4) is 0 Å². The summed E-state index contributed by atoms with van der Waals surface area (Å²) in [5.41, 5.74) is 2.37. The van der Waals surface area contributed by atoms with E-state index in [0.717, 1.165) is 10.9 Å². The van der Waals surface area contributed by atoms with Crippen LogP contribution >= 0.6 is 0 Å². The number of aromatic nitrogens is 1. The van der Waals surface area contributed by atoms with Crippen molar-refractivity contribution in [3.8, 4) is 0 Å².